The summed E-state index contributed by atoms with van der Waals surface area (Å²) in [5.74, 6) is -2.72. The van der Waals surface area contributed by atoms with Crippen molar-refractivity contribution in [2.75, 3.05) is 6.54 Å². The number of rotatable bonds is 9. The van der Waals surface area contributed by atoms with Crippen molar-refractivity contribution in [2.45, 2.75) is 37.8 Å². The van der Waals surface area contributed by atoms with Crippen LogP contribution in [0.5, 0.6) is 0 Å². The van der Waals surface area contributed by atoms with Crippen LogP contribution in [-0.4, -0.2) is 41.5 Å². The molecule has 0 aliphatic carbocycles. The number of carbonyl (C=O) groups is 3. The van der Waals surface area contributed by atoms with E-state index in [1.807, 2.05) is 0 Å². The van der Waals surface area contributed by atoms with Gasteiger partial charge in [-0.2, -0.15) is 0 Å². The Morgan fingerprint density at radius 1 is 1.22 bits per heavy atom. The molecule has 8 heteroatoms. The van der Waals surface area contributed by atoms with E-state index >= 15 is 0 Å². The third-order valence-electron chi connectivity index (χ3n) is 2.34. The molecule has 0 aliphatic heterocycles. The van der Waals surface area contributed by atoms with E-state index in [0.29, 0.717) is 19.4 Å². The predicted octanol–water partition coefficient (Wildman–Crippen LogP) is -2.11. The van der Waals surface area contributed by atoms with Gasteiger partial charge in [0.1, 0.15) is 6.04 Å². The number of nitrogens with one attached hydrogen (secondary N) is 1. The summed E-state index contributed by atoms with van der Waals surface area (Å²) < 4.78 is 0. The molecule has 0 aliphatic rings. The molecule has 0 rings (SSSR count). The minimum Gasteiger partial charge on any atom is -0.481 e. The number of nitrogens with two attached hydrogens (primary N) is 3. The summed E-state index contributed by atoms with van der Waals surface area (Å²) in [6.45, 7) is 0.511. The van der Waals surface area contributed by atoms with Crippen LogP contribution in [0.4, 0.5) is 0 Å². The maximum absolute atomic E-state index is 11.6. The number of unbranched alkanes of at least 4 members (excludes halogenated alkanes) is 1. The zero-order valence-electron chi connectivity index (χ0n) is 10.1. The maximum atomic E-state index is 11.6. The van der Waals surface area contributed by atoms with E-state index in [-0.39, 0.29) is 0 Å². The average molecular weight is 260 g/mol. The van der Waals surface area contributed by atoms with Crippen molar-refractivity contribution < 1.29 is 19.5 Å². The molecular formula is C10H20N4O4. The Kier molecular flexibility index (Phi) is 7.64. The first kappa shape index (κ1) is 16.3. The highest BCUT2D eigenvalue weighted by Crippen LogP contribution is 2.00. The predicted molar refractivity (Wildman–Crippen MR) is 64.3 cm³/mol. The molecule has 0 heterocycles. The molecule has 0 radical (unpaired) electrons. The van der Waals surface area contributed by atoms with Crippen LogP contribution in [-0.2, 0) is 14.4 Å². The SMILES string of the molecule is NCCCC[C@H](N)C(=O)N[C@@H](CC(=O)O)C(N)=O. The normalized spacial score (nSPS) is 13.7. The van der Waals surface area contributed by atoms with E-state index in [4.69, 9.17) is 22.3 Å². The third-order valence-corrected chi connectivity index (χ3v) is 2.34. The zero-order chi connectivity index (χ0) is 14.1. The minimum absolute atomic E-state index is 0.418. The first-order valence-corrected chi connectivity index (χ1v) is 5.65. The van der Waals surface area contributed by atoms with E-state index in [0.717, 1.165) is 6.42 Å². The second-order valence-corrected chi connectivity index (χ2v) is 3.95. The Morgan fingerprint density at radius 2 is 1.83 bits per heavy atom. The van der Waals surface area contributed by atoms with Crippen LogP contribution >= 0.6 is 0 Å². The van der Waals surface area contributed by atoms with Gasteiger partial charge >= 0.3 is 5.97 Å². The second kappa shape index (κ2) is 8.43. The molecule has 0 aromatic rings. The monoisotopic (exact) mass is 260 g/mol. The summed E-state index contributed by atoms with van der Waals surface area (Å²) in [6, 6.07) is -2.04. The van der Waals surface area contributed by atoms with Crippen molar-refractivity contribution >= 4 is 17.8 Å². The van der Waals surface area contributed by atoms with Gasteiger partial charge in [0.2, 0.25) is 11.8 Å². The van der Waals surface area contributed by atoms with Gasteiger partial charge in [-0.25, -0.2) is 0 Å². The van der Waals surface area contributed by atoms with Gasteiger partial charge in [0.25, 0.3) is 0 Å². The van der Waals surface area contributed by atoms with Crippen molar-refractivity contribution in [1.82, 2.24) is 5.32 Å². The molecule has 0 saturated heterocycles. The van der Waals surface area contributed by atoms with Crippen LogP contribution in [0.3, 0.4) is 0 Å². The molecule has 0 saturated carbocycles. The van der Waals surface area contributed by atoms with Gasteiger partial charge in [-0.1, -0.05) is 6.42 Å². The van der Waals surface area contributed by atoms with Gasteiger partial charge in [0.05, 0.1) is 12.5 Å². The lowest BCUT2D eigenvalue weighted by Crippen LogP contribution is -2.51. The Morgan fingerprint density at radius 3 is 2.28 bits per heavy atom. The Balaban J connectivity index is 4.23. The van der Waals surface area contributed by atoms with Crippen molar-refractivity contribution in [3.63, 3.8) is 0 Å². The van der Waals surface area contributed by atoms with E-state index in [9.17, 15) is 14.4 Å². The largest absolute Gasteiger partial charge is 0.481 e. The zero-order valence-corrected chi connectivity index (χ0v) is 10.1. The van der Waals surface area contributed by atoms with E-state index in [1.54, 1.807) is 0 Å². The Labute approximate surface area is 105 Å². The highest BCUT2D eigenvalue weighted by Gasteiger charge is 2.23. The molecule has 0 unspecified atom stereocenters. The van der Waals surface area contributed by atoms with Crippen molar-refractivity contribution in [3.8, 4) is 0 Å². The molecule has 8 N–H and O–H groups in total. The molecule has 2 atom stereocenters. The summed E-state index contributed by atoms with van der Waals surface area (Å²) >= 11 is 0. The fourth-order valence-corrected chi connectivity index (χ4v) is 1.32. The number of carboxylic acids is 1. The minimum atomic E-state index is -1.24. The van der Waals surface area contributed by atoms with Crippen molar-refractivity contribution in [2.24, 2.45) is 17.2 Å². The lowest BCUT2D eigenvalue weighted by Gasteiger charge is -2.17. The number of aliphatic carboxylic acids is 1. The summed E-state index contributed by atoms with van der Waals surface area (Å²) in [6.07, 6.45) is 1.29. The molecule has 0 aromatic heterocycles. The van der Waals surface area contributed by atoms with Crippen LogP contribution in [0.15, 0.2) is 0 Å². The molecule has 18 heavy (non-hydrogen) atoms. The molecule has 0 bridgehead atoms. The van der Waals surface area contributed by atoms with Crippen LogP contribution in [0.25, 0.3) is 0 Å². The molecule has 104 valence electrons. The maximum Gasteiger partial charge on any atom is 0.305 e. The summed E-state index contributed by atoms with van der Waals surface area (Å²) in [7, 11) is 0. The number of primary amides is 1. The summed E-state index contributed by atoms with van der Waals surface area (Å²) in [5, 5.41) is 10.8. The summed E-state index contributed by atoms with van der Waals surface area (Å²) in [5.41, 5.74) is 15.9. The molecule has 2 amide bonds. The molecule has 8 nitrogen and oxygen atoms in total. The average Bonchev–Trinajstić information content (AvgIpc) is 2.27. The number of carboxylic acid groups (broad SMARTS) is 1. The van der Waals surface area contributed by atoms with Gasteiger partial charge in [-0.05, 0) is 19.4 Å². The first-order chi connectivity index (χ1) is 8.38. The van der Waals surface area contributed by atoms with E-state index < -0.39 is 36.3 Å². The van der Waals surface area contributed by atoms with E-state index in [1.165, 1.54) is 0 Å². The molecule has 0 spiro atoms. The van der Waals surface area contributed by atoms with Gasteiger partial charge in [0.15, 0.2) is 0 Å². The van der Waals surface area contributed by atoms with Crippen LogP contribution in [0.1, 0.15) is 25.7 Å². The van der Waals surface area contributed by atoms with Gasteiger partial charge in [-0.3, -0.25) is 14.4 Å². The smallest absolute Gasteiger partial charge is 0.305 e. The van der Waals surface area contributed by atoms with Crippen molar-refractivity contribution in [1.29, 1.82) is 0 Å². The molecule has 0 aromatic carbocycles. The van der Waals surface area contributed by atoms with Crippen LogP contribution < -0.4 is 22.5 Å². The van der Waals surface area contributed by atoms with E-state index in [2.05, 4.69) is 5.32 Å². The lowest BCUT2D eigenvalue weighted by atomic mass is 10.1. The fourth-order valence-electron chi connectivity index (χ4n) is 1.32. The highest BCUT2D eigenvalue weighted by molar-refractivity contribution is 5.91. The quantitative estimate of drug-likeness (QED) is 0.298. The number of hydrogen-bond acceptors (Lipinski definition) is 5. The third kappa shape index (κ3) is 6.81. The fraction of sp³-hybridized carbons (Fsp3) is 0.700. The topological polar surface area (TPSA) is 162 Å². The first-order valence-electron chi connectivity index (χ1n) is 5.65. The number of carbonyl (C=O) groups excluding carboxylic acids is 2. The standard InChI is InChI=1S/C10H20N4O4/c11-4-2-1-3-6(12)10(18)14-7(9(13)17)5-8(15)16/h6-7H,1-5,11-12H2,(H2,13,17)(H,14,18)(H,15,16)/t6-,7-/m0/s1. The molecular weight excluding hydrogens is 240 g/mol. The Bertz CT molecular complexity index is 308. The number of hydrogen-bond donors (Lipinski definition) is 5. The molecule has 0 fully saturated rings. The second-order valence-electron chi connectivity index (χ2n) is 3.95. The summed E-state index contributed by atoms with van der Waals surface area (Å²) in [4.78, 5) is 33.0. The van der Waals surface area contributed by atoms with Gasteiger partial charge < -0.3 is 27.6 Å². The van der Waals surface area contributed by atoms with Gasteiger partial charge in [0, 0.05) is 0 Å². The highest BCUT2D eigenvalue weighted by atomic mass is 16.4. The van der Waals surface area contributed by atoms with Gasteiger partial charge in [-0.15, -0.1) is 0 Å². The lowest BCUT2D eigenvalue weighted by molar-refractivity contribution is -0.140. The Hall–Kier alpha value is -1.67. The van der Waals surface area contributed by atoms with Crippen LogP contribution in [0.2, 0.25) is 0 Å². The number of amides is 2. The van der Waals surface area contributed by atoms with Crippen molar-refractivity contribution in [3.05, 3.63) is 0 Å². The van der Waals surface area contributed by atoms with Crippen LogP contribution in [0, 0.1) is 0 Å².